The largest absolute Gasteiger partial charge is 0.357 e. The van der Waals surface area contributed by atoms with Crippen LogP contribution in [0.4, 0.5) is 0 Å². The number of H-pyrrole nitrogens is 2. The van der Waals surface area contributed by atoms with Crippen LogP contribution in [-0.2, 0) is 0 Å². The molecule has 0 saturated carbocycles. The first-order valence-corrected chi connectivity index (χ1v) is 5.62. The molecule has 0 spiro atoms. The number of benzene rings is 1. The molecule has 0 aliphatic carbocycles. The predicted octanol–water partition coefficient (Wildman–Crippen LogP) is 2.61. The van der Waals surface area contributed by atoms with Gasteiger partial charge in [0.1, 0.15) is 5.52 Å². The number of rotatable bonds is 0. The summed E-state index contributed by atoms with van der Waals surface area (Å²) in [4.78, 5) is 17.5. The second-order valence-corrected chi connectivity index (χ2v) is 4.66. The molecule has 74 valence electrons. The standard InChI is InChI=1S/C11H7IN2O/c12-6-1-2-9-8(5-6)7-3-4-13-10(7)11(15)14-9/h1-5,13H,(H,14,15). The van der Waals surface area contributed by atoms with E-state index in [1.165, 1.54) is 0 Å². The number of hydrogen-bond donors (Lipinski definition) is 2. The van der Waals surface area contributed by atoms with Crippen molar-refractivity contribution in [3.05, 3.63) is 44.4 Å². The van der Waals surface area contributed by atoms with Crippen LogP contribution in [-0.4, -0.2) is 9.97 Å². The molecule has 0 atom stereocenters. The summed E-state index contributed by atoms with van der Waals surface area (Å²) in [6.45, 7) is 0. The Kier molecular flexibility index (Phi) is 1.85. The van der Waals surface area contributed by atoms with Gasteiger partial charge in [-0.05, 0) is 46.9 Å². The minimum Gasteiger partial charge on any atom is -0.357 e. The minimum absolute atomic E-state index is 0.0660. The van der Waals surface area contributed by atoms with Crippen LogP contribution in [0.1, 0.15) is 0 Å². The van der Waals surface area contributed by atoms with E-state index < -0.39 is 0 Å². The second kappa shape index (κ2) is 3.10. The van der Waals surface area contributed by atoms with Gasteiger partial charge in [0.15, 0.2) is 0 Å². The molecule has 0 unspecified atom stereocenters. The van der Waals surface area contributed by atoms with Crippen molar-refractivity contribution in [2.24, 2.45) is 0 Å². The molecular formula is C11H7IN2O. The van der Waals surface area contributed by atoms with Crippen molar-refractivity contribution in [2.75, 3.05) is 0 Å². The number of hydrogen-bond acceptors (Lipinski definition) is 1. The third kappa shape index (κ3) is 1.28. The molecular weight excluding hydrogens is 303 g/mol. The Balaban J connectivity index is 2.67. The molecule has 1 aromatic carbocycles. The summed E-state index contributed by atoms with van der Waals surface area (Å²) >= 11 is 2.27. The van der Waals surface area contributed by atoms with Crippen LogP contribution >= 0.6 is 22.6 Å². The van der Waals surface area contributed by atoms with Crippen molar-refractivity contribution in [2.45, 2.75) is 0 Å². The van der Waals surface area contributed by atoms with E-state index in [0.29, 0.717) is 5.52 Å². The Labute approximate surface area is 98.6 Å². The number of aromatic amines is 2. The van der Waals surface area contributed by atoms with Crippen LogP contribution in [0.15, 0.2) is 35.3 Å². The molecule has 0 radical (unpaired) electrons. The number of pyridine rings is 1. The fourth-order valence-corrected chi connectivity index (χ4v) is 2.31. The zero-order chi connectivity index (χ0) is 10.4. The highest BCUT2D eigenvalue weighted by Crippen LogP contribution is 2.22. The van der Waals surface area contributed by atoms with Crippen LogP contribution in [0.5, 0.6) is 0 Å². The number of aromatic nitrogens is 2. The van der Waals surface area contributed by atoms with Crippen LogP contribution < -0.4 is 5.56 Å². The van der Waals surface area contributed by atoms with E-state index in [1.54, 1.807) is 6.20 Å². The monoisotopic (exact) mass is 310 g/mol. The zero-order valence-electron chi connectivity index (χ0n) is 7.67. The van der Waals surface area contributed by atoms with Gasteiger partial charge in [0.25, 0.3) is 5.56 Å². The van der Waals surface area contributed by atoms with E-state index >= 15 is 0 Å². The lowest BCUT2D eigenvalue weighted by Crippen LogP contribution is -2.05. The SMILES string of the molecule is O=c1[nH]c2ccc(I)cc2c2cc[nH]c12. The lowest BCUT2D eigenvalue weighted by Gasteiger charge is -2.00. The molecule has 2 heterocycles. The van der Waals surface area contributed by atoms with Crippen molar-refractivity contribution in [3.8, 4) is 0 Å². The quantitative estimate of drug-likeness (QED) is 0.616. The Morgan fingerprint density at radius 2 is 2.00 bits per heavy atom. The van der Waals surface area contributed by atoms with Gasteiger partial charge in [0.05, 0.1) is 0 Å². The van der Waals surface area contributed by atoms with Gasteiger partial charge < -0.3 is 9.97 Å². The Morgan fingerprint density at radius 1 is 1.13 bits per heavy atom. The van der Waals surface area contributed by atoms with Crippen molar-refractivity contribution in [1.29, 1.82) is 0 Å². The van der Waals surface area contributed by atoms with Gasteiger partial charge in [-0.25, -0.2) is 0 Å². The molecule has 3 rings (SSSR count). The number of nitrogens with one attached hydrogen (secondary N) is 2. The smallest absolute Gasteiger partial charge is 0.272 e. The van der Waals surface area contributed by atoms with Crippen LogP contribution in [0.2, 0.25) is 0 Å². The lowest BCUT2D eigenvalue weighted by molar-refractivity contribution is 1.31. The van der Waals surface area contributed by atoms with Crippen molar-refractivity contribution in [1.82, 2.24) is 9.97 Å². The highest BCUT2D eigenvalue weighted by atomic mass is 127. The average Bonchev–Trinajstić information content (AvgIpc) is 2.69. The second-order valence-electron chi connectivity index (χ2n) is 3.41. The van der Waals surface area contributed by atoms with E-state index in [9.17, 15) is 4.79 Å². The zero-order valence-corrected chi connectivity index (χ0v) is 9.83. The first-order chi connectivity index (χ1) is 7.25. The summed E-state index contributed by atoms with van der Waals surface area (Å²) in [6.07, 6.45) is 1.79. The maximum Gasteiger partial charge on any atom is 0.272 e. The molecule has 2 N–H and O–H groups in total. The third-order valence-corrected chi connectivity index (χ3v) is 3.17. The fraction of sp³-hybridized carbons (Fsp3) is 0. The molecule has 0 aliphatic rings. The molecule has 15 heavy (non-hydrogen) atoms. The summed E-state index contributed by atoms with van der Waals surface area (Å²) in [5, 5.41) is 2.06. The maximum atomic E-state index is 11.7. The molecule has 3 aromatic rings. The van der Waals surface area contributed by atoms with Crippen molar-refractivity contribution < 1.29 is 0 Å². The Morgan fingerprint density at radius 3 is 2.87 bits per heavy atom. The van der Waals surface area contributed by atoms with Crippen LogP contribution in [0.25, 0.3) is 21.8 Å². The first-order valence-electron chi connectivity index (χ1n) is 4.54. The Hall–Kier alpha value is -1.30. The molecule has 0 aliphatic heterocycles. The summed E-state index contributed by atoms with van der Waals surface area (Å²) in [7, 11) is 0. The van der Waals surface area contributed by atoms with E-state index in [2.05, 4.69) is 38.6 Å². The van der Waals surface area contributed by atoms with Gasteiger partial charge in [-0.1, -0.05) is 0 Å². The Bertz CT molecular complexity index is 711. The molecule has 0 saturated heterocycles. The van der Waals surface area contributed by atoms with Gasteiger partial charge >= 0.3 is 0 Å². The summed E-state index contributed by atoms with van der Waals surface area (Å²) in [6, 6.07) is 7.92. The van der Waals surface area contributed by atoms with E-state index in [0.717, 1.165) is 19.9 Å². The molecule has 3 nitrogen and oxygen atoms in total. The van der Waals surface area contributed by atoms with E-state index in [1.807, 2.05) is 18.2 Å². The molecule has 0 fully saturated rings. The summed E-state index contributed by atoms with van der Waals surface area (Å²) in [5.41, 5.74) is 1.46. The first kappa shape index (κ1) is 8.96. The molecule has 0 amide bonds. The van der Waals surface area contributed by atoms with Gasteiger partial charge in [0.2, 0.25) is 0 Å². The van der Waals surface area contributed by atoms with Crippen LogP contribution in [0.3, 0.4) is 0 Å². The van der Waals surface area contributed by atoms with Gasteiger partial charge in [-0.15, -0.1) is 0 Å². The van der Waals surface area contributed by atoms with Gasteiger partial charge in [-0.3, -0.25) is 4.79 Å². The van der Waals surface area contributed by atoms with Gasteiger partial charge in [0, 0.05) is 26.1 Å². The fourth-order valence-electron chi connectivity index (χ4n) is 1.81. The average molecular weight is 310 g/mol. The lowest BCUT2D eigenvalue weighted by atomic mass is 10.1. The molecule has 2 aromatic heterocycles. The normalized spacial score (nSPS) is 11.3. The van der Waals surface area contributed by atoms with E-state index in [-0.39, 0.29) is 5.56 Å². The van der Waals surface area contributed by atoms with Crippen LogP contribution in [0, 0.1) is 3.57 Å². The van der Waals surface area contributed by atoms with Gasteiger partial charge in [-0.2, -0.15) is 0 Å². The predicted molar refractivity (Wildman–Crippen MR) is 69.1 cm³/mol. The number of fused-ring (bicyclic) bond motifs is 3. The summed E-state index contributed by atoms with van der Waals surface area (Å²) in [5.74, 6) is 0. The van der Waals surface area contributed by atoms with Crippen molar-refractivity contribution >= 4 is 44.4 Å². The molecule has 0 bridgehead atoms. The maximum absolute atomic E-state index is 11.7. The number of halogens is 1. The summed E-state index contributed by atoms with van der Waals surface area (Å²) < 4.78 is 1.16. The molecule has 4 heteroatoms. The third-order valence-electron chi connectivity index (χ3n) is 2.49. The highest BCUT2D eigenvalue weighted by molar-refractivity contribution is 14.1. The van der Waals surface area contributed by atoms with E-state index in [4.69, 9.17) is 0 Å². The topological polar surface area (TPSA) is 48.6 Å². The minimum atomic E-state index is -0.0660. The van der Waals surface area contributed by atoms with Crippen molar-refractivity contribution in [3.63, 3.8) is 0 Å². The highest BCUT2D eigenvalue weighted by Gasteiger charge is 2.05.